The first-order valence-corrected chi connectivity index (χ1v) is 7.71. The van der Waals surface area contributed by atoms with Crippen LogP contribution in [0.1, 0.15) is 52.4 Å². The van der Waals surface area contributed by atoms with E-state index in [1.54, 1.807) is 0 Å². The van der Waals surface area contributed by atoms with E-state index in [0.717, 1.165) is 26.0 Å². The Hall–Kier alpha value is -0.610. The third-order valence-corrected chi connectivity index (χ3v) is 4.93. The SMILES string of the molecule is CCCN(CC(=O)O)C1CC(OCC)C12CCCC2. The van der Waals surface area contributed by atoms with E-state index in [1.165, 1.54) is 25.7 Å². The lowest BCUT2D eigenvalue weighted by Crippen LogP contribution is -2.64. The van der Waals surface area contributed by atoms with E-state index >= 15 is 0 Å². The van der Waals surface area contributed by atoms with Crippen LogP contribution in [-0.4, -0.2) is 47.8 Å². The van der Waals surface area contributed by atoms with Gasteiger partial charge in [0, 0.05) is 18.1 Å². The minimum Gasteiger partial charge on any atom is -0.480 e. The fourth-order valence-electron chi connectivity index (χ4n) is 4.17. The standard InChI is InChI=1S/C15H27NO3/c1-3-9-16(11-14(17)18)12-10-13(19-4-2)15(12)7-5-6-8-15/h12-13H,3-11H2,1-2H3,(H,17,18). The van der Waals surface area contributed by atoms with Gasteiger partial charge in [-0.3, -0.25) is 9.69 Å². The van der Waals surface area contributed by atoms with Gasteiger partial charge in [0.15, 0.2) is 0 Å². The summed E-state index contributed by atoms with van der Waals surface area (Å²) in [6.45, 7) is 6.01. The molecule has 0 aromatic rings. The van der Waals surface area contributed by atoms with E-state index in [1.807, 2.05) is 0 Å². The highest BCUT2D eigenvalue weighted by molar-refractivity contribution is 5.69. The Bertz CT molecular complexity index is 313. The topological polar surface area (TPSA) is 49.8 Å². The second-order valence-corrected chi connectivity index (χ2v) is 6.00. The minimum atomic E-state index is -0.707. The van der Waals surface area contributed by atoms with Gasteiger partial charge in [0.25, 0.3) is 0 Å². The molecule has 0 amide bonds. The molecule has 4 nitrogen and oxygen atoms in total. The lowest BCUT2D eigenvalue weighted by molar-refractivity contribution is -0.171. The molecule has 1 spiro atoms. The molecule has 0 aliphatic heterocycles. The maximum Gasteiger partial charge on any atom is 0.317 e. The van der Waals surface area contributed by atoms with Crippen LogP contribution in [0.5, 0.6) is 0 Å². The van der Waals surface area contributed by atoms with Crippen molar-refractivity contribution in [3.05, 3.63) is 0 Å². The molecule has 0 radical (unpaired) electrons. The first-order chi connectivity index (χ1) is 9.14. The summed E-state index contributed by atoms with van der Waals surface area (Å²) in [7, 11) is 0. The molecular formula is C15H27NO3. The largest absolute Gasteiger partial charge is 0.480 e. The molecule has 0 aromatic carbocycles. The Morgan fingerprint density at radius 2 is 2.05 bits per heavy atom. The summed E-state index contributed by atoms with van der Waals surface area (Å²) in [4.78, 5) is 13.3. The summed E-state index contributed by atoms with van der Waals surface area (Å²) >= 11 is 0. The highest BCUT2D eigenvalue weighted by Crippen LogP contribution is 2.56. The zero-order valence-corrected chi connectivity index (χ0v) is 12.2. The Labute approximate surface area is 116 Å². The van der Waals surface area contributed by atoms with Crippen molar-refractivity contribution in [2.75, 3.05) is 19.7 Å². The van der Waals surface area contributed by atoms with E-state index in [0.29, 0.717) is 12.1 Å². The number of rotatable bonds is 7. The van der Waals surface area contributed by atoms with Gasteiger partial charge in [0.05, 0.1) is 12.6 Å². The van der Waals surface area contributed by atoms with E-state index in [-0.39, 0.29) is 12.0 Å². The summed E-state index contributed by atoms with van der Waals surface area (Å²) in [6, 6.07) is 0.419. The van der Waals surface area contributed by atoms with Crippen LogP contribution in [0.25, 0.3) is 0 Å². The van der Waals surface area contributed by atoms with Gasteiger partial charge in [-0.25, -0.2) is 0 Å². The lowest BCUT2D eigenvalue weighted by atomic mass is 9.60. The normalized spacial score (nSPS) is 28.8. The van der Waals surface area contributed by atoms with Crippen molar-refractivity contribution in [3.8, 4) is 0 Å². The van der Waals surface area contributed by atoms with Crippen LogP contribution in [0.4, 0.5) is 0 Å². The molecule has 2 fully saturated rings. The third kappa shape index (κ3) is 2.79. The van der Waals surface area contributed by atoms with E-state index in [2.05, 4.69) is 18.7 Å². The van der Waals surface area contributed by atoms with Crippen molar-refractivity contribution in [1.82, 2.24) is 4.90 Å². The van der Waals surface area contributed by atoms with Crippen LogP contribution in [0.3, 0.4) is 0 Å². The molecule has 1 N–H and O–H groups in total. The Kier molecular flexibility index (Phi) is 4.85. The van der Waals surface area contributed by atoms with E-state index in [4.69, 9.17) is 9.84 Å². The lowest BCUT2D eigenvalue weighted by Gasteiger charge is -2.57. The van der Waals surface area contributed by atoms with Crippen LogP contribution >= 0.6 is 0 Å². The van der Waals surface area contributed by atoms with Gasteiger partial charge >= 0.3 is 5.97 Å². The Morgan fingerprint density at radius 3 is 2.58 bits per heavy atom. The van der Waals surface area contributed by atoms with Crippen molar-refractivity contribution in [2.24, 2.45) is 5.41 Å². The van der Waals surface area contributed by atoms with E-state index in [9.17, 15) is 4.79 Å². The summed E-state index contributed by atoms with van der Waals surface area (Å²) < 4.78 is 5.91. The number of carbonyl (C=O) groups is 1. The van der Waals surface area contributed by atoms with Crippen molar-refractivity contribution in [3.63, 3.8) is 0 Å². The van der Waals surface area contributed by atoms with E-state index < -0.39 is 5.97 Å². The maximum absolute atomic E-state index is 11.1. The van der Waals surface area contributed by atoms with Gasteiger partial charge in [0.1, 0.15) is 0 Å². The molecule has 2 rings (SSSR count). The molecule has 2 unspecified atom stereocenters. The van der Waals surface area contributed by atoms with Crippen LogP contribution in [0, 0.1) is 5.41 Å². The highest BCUT2D eigenvalue weighted by Gasteiger charge is 2.58. The summed E-state index contributed by atoms with van der Waals surface area (Å²) in [6.07, 6.45) is 7.35. The number of hydrogen-bond donors (Lipinski definition) is 1. The second-order valence-electron chi connectivity index (χ2n) is 6.00. The molecule has 0 aromatic heterocycles. The molecule has 2 aliphatic rings. The van der Waals surface area contributed by atoms with Crippen LogP contribution < -0.4 is 0 Å². The van der Waals surface area contributed by atoms with Gasteiger partial charge in [-0.15, -0.1) is 0 Å². The third-order valence-electron chi connectivity index (χ3n) is 4.93. The average Bonchev–Trinajstić information content (AvgIpc) is 2.85. The van der Waals surface area contributed by atoms with Crippen LogP contribution in [-0.2, 0) is 9.53 Å². The molecule has 2 saturated carbocycles. The second kappa shape index (κ2) is 6.23. The predicted octanol–water partition coefficient (Wildman–Crippen LogP) is 2.52. The number of ether oxygens (including phenoxy) is 1. The fraction of sp³-hybridized carbons (Fsp3) is 0.933. The highest BCUT2D eigenvalue weighted by atomic mass is 16.5. The molecule has 19 heavy (non-hydrogen) atoms. The average molecular weight is 269 g/mol. The Morgan fingerprint density at radius 1 is 1.37 bits per heavy atom. The fourth-order valence-corrected chi connectivity index (χ4v) is 4.17. The molecule has 0 bridgehead atoms. The van der Waals surface area contributed by atoms with Crippen molar-refractivity contribution in [1.29, 1.82) is 0 Å². The van der Waals surface area contributed by atoms with Crippen LogP contribution in [0.2, 0.25) is 0 Å². The predicted molar refractivity (Wildman–Crippen MR) is 74.2 cm³/mol. The maximum atomic E-state index is 11.1. The van der Waals surface area contributed by atoms with Gasteiger partial charge in [-0.05, 0) is 39.2 Å². The summed E-state index contributed by atoms with van der Waals surface area (Å²) in [5.74, 6) is -0.707. The van der Waals surface area contributed by atoms with Gasteiger partial charge in [-0.1, -0.05) is 19.8 Å². The van der Waals surface area contributed by atoms with Gasteiger partial charge < -0.3 is 9.84 Å². The first-order valence-electron chi connectivity index (χ1n) is 7.71. The molecule has 0 saturated heterocycles. The quantitative estimate of drug-likeness (QED) is 0.771. The summed E-state index contributed by atoms with van der Waals surface area (Å²) in [5, 5.41) is 9.11. The molecule has 110 valence electrons. The van der Waals surface area contributed by atoms with Gasteiger partial charge in [-0.2, -0.15) is 0 Å². The van der Waals surface area contributed by atoms with Gasteiger partial charge in [0.2, 0.25) is 0 Å². The number of nitrogens with zero attached hydrogens (tertiary/aromatic N) is 1. The summed E-state index contributed by atoms with van der Waals surface area (Å²) in [5.41, 5.74) is 0.251. The zero-order valence-electron chi connectivity index (χ0n) is 12.2. The molecule has 2 aliphatic carbocycles. The number of hydrogen-bond acceptors (Lipinski definition) is 3. The van der Waals surface area contributed by atoms with Crippen LogP contribution in [0.15, 0.2) is 0 Å². The number of carboxylic acids is 1. The number of carboxylic acid groups (broad SMARTS) is 1. The molecule has 0 heterocycles. The Balaban J connectivity index is 2.07. The molecule has 2 atom stereocenters. The first kappa shape index (κ1) is 14.8. The van der Waals surface area contributed by atoms with Crippen molar-refractivity contribution < 1.29 is 14.6 Å². The van der Waals surface area contributed by atoms with Crippen molar-refractivity contribution >= 4 is 5.97 Å². The molecule has 4 heteroatoms. The number of aliphatic carboxylic acids is 1. The van der Waals surface area contributed by atoms with Crippen molar-refractivity contribution in [2.45, 2.75) is 64.5 Å². The molecular weight excluding hydrogens is 242 g/mol. The smallest absolute Gasteiger partial charge is 0.317 e. The zero-order chi connectivity index (χ0) is 13.9. The minimum absolute atomic E-state index is 0.180. The monoisotopic (exact) mass is 269 g/mol.